The average Bonchev–Trinajstić information content (AvgIpc) is 2.32. The van der Waals surface area contributed by atoms with Crippen LogP contribution in [0.5, 0.6) is 11.6 Å². The summed E-state index contributed by atoms with van der Waals surface area (Å²) in [7, 11) is 1.60. The van der Waals surface area contributed by atoms with Crippen LogP contribution in [0, 0.1) is 13.8 Å². The molecule has 0 amide bonds. The summed E-state index contributed by atoms with van der Waals surface area (Å²) < 4.78 is 11.4. The third kappa shape index (κ3) is 3.71. The molecule has 2 rings (SSSR count). The van der Waals surface area contributed by atoms with Crippen LogP contribution in [0.25, 0.3) is 0 Å². The summed E-state index contributed by atoms with van der Waals surface area (Å²) in [4.78, 5) is 12.8. The number of ether oxygens (including phenoxy) is 2. The predicted molar refractivity (Wildman–Crippen MR) is 74.2 cm³/mol. The highest BCUT2D eigenvalue weighted by atomic mass is 79.9. The normalized spacial score (nSPS) is 10.5. The second kappa shape index (κ2) is 6.08. The van der Waals surface area contributed by atoms with E-state index >= 15 is 0 Å². The van der Waals surface area contributed by atoms with Crippen molar-refractivity contribution in [3.63, 3.8) is 0 Å². The molecular formula is C13H14BrN3O2. The zero-order valence-corrected chi connectivity index (χ0v) is 12.6. The lowest BCUT2D eigenvalue weighted by Gasteiger charge is -2.08. The monoisotopic (exact) mass is 323 g/mol. The molecular weight excluding hydrogens is 310 g/mol. The van der Waals surface area contributed by atoms with Gasteiger partial charge in [-0.15, -0.1) is 0 Å². The van der Waals surface area contributed by atoms with E-state index in [0.717, 1.165) is 11.4 Å². The standard InChI is InChI=1S/C13H14BrN3O2/c1-8-4-5-10(13(14)16-8)19-12-6-9(2)15-11(17-12)7-18-3/h4-6H,7H2,1-3H3. The van der Waals surface area contributed by atoms with E-state index in [1.165, 1.54) is 0 Å². The molecule has 0 aliphatic carbocycles. The van der Waals surface area contributed by atoms with Crippen molar-refractivity contribution in [1.82, 2.24) is 15.0 Å². The van der Waals surface area contributed by atoms with E-state index in [2.05, 4.69) is 30.9 Å². The maximum Gasteiger partial charge on any atom is 0.222 e. The lowest BCUT2D eigenvalue weighted by molar-refractivity contribution is 0.177. The fourth-order valence-corrected chi connectivity index (χ4v) is 2.04. The summed E-state index contributed by atoms with van der Waals surface area (Å²) in [6, 6.07) is 5.50. The minimum atomic E-state index is 0.353. The van der Waals surface area contributed by atoms with Crippen LogP contribution in [0.4, 0.5) is 0 Å². The Kier molecular flexibility index (Phi) is 4.44. The topological polar surface area (TPSA) is 57.1 Å². The Morgan fingerprint density at radius 2 is 1.89 bits per heavy atom. The van der Waals surface area contributed by atoms with Gasteiger partial charge in [0.2, 0.25) is 5.88 Å². The van der Waals surface area contributed by atoms with Crippen molar-refractivity contribution in [2.75, 3.05) is 7.11 Å². The smallest absolute Gasteiger partial charge is 0.222 e. The predicted octanol–water partition coefficient (Wildman–Crippen LogP) is 3.19. The van der Waals surface area contributed by atoms with Gasteiger partial charge in [-0.25, -0.2) is 9.97 Å². The van der Waals surface area contributed by atoms with E-state index in [1.54, 1.807) is 13.2 Å². The zero-order valence-electron chi connectivity index (χ0n) is 11.0. The highest BCUT2D eigenvalue weighted by Gasteiger charge is 2.08. The van der Waals surface area contributed by atoms with Crippen LogP contribution in [-0.2, 0) is 11.3 Å². The first kappa shape index (κ1) is 13.9. The van der Waals surface area contributed by atoms with Crippen molar-refractivity contribution in [1.29, 1.82) is 0 Å². The molecule has 0 atom stereocenters. The van der Waals surface area contributed by atoms with E-state index in [9.17, 15) is 0 Å². The molecule has 0 saturated carbocycles. The highest BCUT2D eigenvalue weighted by molar-refractivity contribution is 9.10. The summed E-state index contributed by atoms with van der Waals surface area (Å²) in [5.74, 6) is 1.69. The molecule has 19 heavy (non-hydrogen) atoms. The molecule has 0 aliphatic heterocycles. The van der Waals surface area contributed by atoms with Gasteiger partial charge in [0, 0.05) is 24.6 Å². The Labute approximate surface area is 120 Å². The largest absolute Gasteiger partial charge is 0.436 e. The number of rotatable bonds is 4. The molecule has 2 heterocycles. The van der Waals surface area contributed by atoms with Crippen LogP contribution in [0.1, 0.15) is 17.2 Å². The molecule has 5 nitrogen and oxygen atoms in total. The van der Waals surface area contributed by atoms with Gasteiger partial charge < -0.3 is 9.47 Å². The number of halogens is 1. The van der Waals surface area contributed by atoms with Crippen molar-refractivity contribution in [3.8, 4) is 11.6 Å². The third-order valence-electron chi connectivity index (χ3n) is 2.32. The van der Waals surface area contributed by atoms with E-state index in [0.29, 0.717) is 28.7 Å². The minimum Gasteiger partial charge on any atom is -0.436 e. The molecule has 6 heteroatoms. The molecule has 0 bridgehead atoms. The first-order valence-corrected chi connectivity index (χ1v) is 6.52. The van der Waals surface area contributed by atoms with Crippen LogP contribution < -0.4 is 4.74 Å². The van der Waals surface area contributed by atoms with Crippen LogP contribution in [-0.4, -0.2) is 22.1 Å². The van der Waals surface area contributed by atoms with E-state index < -0.39 is 0 Å². The number of aromatic nitrogens is 3. The fourth-order valence-electron chi connectivity index (χ4n) is 1.55. The van der Waals surface area contributed by atoms with Gasteiger partial charge in [-0.05, 0) is 41.9 Å². The Morgan fingerprint density at radius 1 is 1.11 bits per heavy atom. The number of hydrogen-bond acceptors (Lipinski definition) is 5. The Morgan fingerprint density at radius 3 is 2.58 bits per heavy atom. The van der Waals surface area contributed by atoms with Crippen molar-refractivity contribution < 1.29 is 9.47 Å². The Bertz CT molecular complexity index is 590. The lowest BCUT2D eigenvalue weighted by Crippen LogP contribution is -2.01. The van der Waals surface area contributed by atoms with E-state index in [4.69, 9.17) is 9.47 Å². The van der Waals surface area contributed by atoms with E-state index in [-0.39, 0.29) is 0 Å². The van der Waals surface area contributed by atoms with Crippen molar-refractivity contribution in [2.45, 2.75) is 20.5 Å². The maximum absolute atomic E-state index is 5.72. The second-order valence-electron chi connectivity index (χ2n) is 4.04. The average molecular weight is 324 g/mol. The van der Waals surface area contributed by atoms with Gasteiger partial charge in [0.15, 0.2) is 11.6 Å². The summed E-state index contributed by atoms with van der Waals surface area (Å²) in [5, 5.41) is 0. The van der Waals surface area contributed by atoms with Crippen LogP contribution in [0.2, 0.25) is 0 Å². The number of aryl methyl sites for hydroxylation is 2. The zero-order chi connectivity index (χ0) is 13.8. The number of hydrogen-bond donors (Lipinski definition) is 0. The third-order valence-corrected chi connectivity index (χ3v) is 2.89. The van der Waals surface area contributed by atoms with E-state index in [1.807, 2.05) is 26.0 Å². The van der Waals surface area contributed by atoms with Crippen molar-refractivity contribution in [3.05, 3.63) is 40.0 Å². The molecule has 0 aliphatic rings. The SMILES string of the molecule is COCc1nc(C)cc(Oc2ccc(C)nc2Br)n1. The molecule has 2 aromatic rings. The quantitative estimate of drug-likeness (QED) is 0.809. The first-order valence-electron chi connectivity index (χ1n) is 5.73. The fraction of sp³-hybridized carbons (Fsp3) is 0.308. The summed E-state index contributed by atoms with van der Waals surface area (Å²) in [6.45, 7) is 4.15. The molecule has 0 aromatic carbocycles. The van der Waals surface area contributed by atoms with Crippen LogP contribution >= 0.6 is 15.9 Å². The van der Waals surface area contributed by atoms with Gasteiger partial charge in [0.1, 0.15) is 11.2 Å². The molecule has 0 fully saturated rings. The number of pyridine rings is 1. The van der Waals surface area contributed by atoms with Gasteiger partial charge in [-0.2, -0.15) is 4.98 Å². The lowest BCUT2D eigenvalue weighted by atomic mass is 10.4. The number of nitrogens with zero attached hydrogens (tertiary/aromatic N) is 3. The van der Waals surface area contributed by atoms with Gasteiger partial charge in [0.05, 0.1) is 0 Å². The second-order valence-corrected chi connectivity index (χ2v) is 4.79. The summed E-state index contributed by atoms with van der Waals surface area (Å²) in [5.41, 5.74) is 1.74. The summed E-state index contributed by atoms with van der Waals surface area (Å²) >= 11 is 3.37. The van der Waals surface area contributed by atoms with Crippen LogP contribution in [0.3, 0.4) is 0 Å². The first-order chi connectivity index (χ1) is 9.08. The van der Waals surface area contributed by atoms with Gasteiger partial charge in [-0.1, -0.05) is 0 Å². The molecule has 0 radical (unpaired) electrons. The van der Waals surface area contributed by atoms with Gasteiger partial charge in [-0.3, -0.25) is 0 Å². The summed E-state index contributed by atoms with van der Waals surface area (Å²) in [6.07, 6.45) is 0. The molecule has 2 aromatic heterocycles. The molecule has 0 N–H and O–H groups in total. The molecule has 100 valence electrons. The molecule has 0 saturated heterocycles. The van der Waals surface area contributed by atoms with Gasteiger partial charge in [0.25, 0.3) is 0 Å². The minimum absolute atomic E-state index is 0.353. The maximum atomic E-state index is 5.72. The van der Waals surface area contributed by atoms with Crippen molar-refractivity contribution in [2.24, 2.45) is 0 Å². The number of methoxy groups -OCH3 is 1. The molecule has 0 spiro atoms. The van der Waals surface area contributed by atoms with Crippen molar-refractivity contribution >= 4 is 15.9 Å². The van der Waals surface area contributed by atoms with Gasteiger partial charge >= 0.3 is 0 Å². The Hall–Kier alpha value is -1.53. The Balaban J connectivity index is 2.27. The molecule has 0 unspecified atom stereocenters. The van der Waals surface area contributed by atoms with Crippen LogP contribution in [0.15, 0.2) is 22.8 Å². The highest BCUT2D eigenvalue weighted by Crippen LogP contribution is 2.27.